The fourth-order valence-electron chi connectivity index (χ4n) is 3.08. The highest BCUT2D eigenvalue weighted by Crippen LogP contribution is 2.37. The van der Waals surface area contributed by atoms with Crippen molar-refractivity contribution < 1.29 is 9.59 Å². The van der Waals surface area contributed by atoms with Gasteiger partial charge in [-0.3, -0.25) is 9.69 Å². The normalized spacial score (nSPS) is 21.5. The number of carbonyl (C=O) groups is 2. The number of ketones is 1. The Kier molecular flexibility index (Phi) is 4.03. The van der Waals surface area contributed by atoms with E-state index in [0.717, 1.165) is 24.1 Å². The van der Waals surface area contributed by atoms with E-state index in [0.29, 0.717) is 23.6 Å². The molecule has 0 radical (unpaired) electrons. The van der Waals surface area contributed by atoms with Crippen LogP contribution in [-0.2, 0) is 4.79 Å². The molecule has 3 rings (SSSR count). The molecule has 22 heavy (non-hydrogen) atoms. The van der Waals surface area contributed by atoms with Gasteiger partial charge in [0, 0.05) is 29.3 Å². The van der Waals surface area contributed by atoms with Crippen LogP contribution in [0.15, 0.2) is 48.2 Å². The Hall–Kier alpha value is -2.07. The third kappa shape index (κ3) is 2.55. The predicted octanol–water partition coefficient (Wildman–Crippen LogP) is 3.60. The van der Waals surface area contributed by atoms with Crippen molar-refractivity contribution in [2.24, 2.45) is 0 Å². The van der Waals surface area contributed by atoms with Gasteiger partial charge in [-0.15, -0.1) is 6.58 Å². The summed E-state index contributed by atoms with van der Waals surface area (Å²) in [6.45, 7) is 4.10. The van der Waals surface area contributed by atoms with Crippen LogP contribution in [0.2, 0.25) is 5.02 Å². The Morgan fingerprint density at radius 1 is 1.27 bits per heavy atom. The molecule has 0 aromatic heterocycles. The van der Waals surface area contributed by atoms with Gasteiger partial charge in [0.15, 0.2) is 5.78 Å². The van der Waals surface area contributed by atoms with E-state index in [9.17, 15) is 9.59 Å². The molecule has 1 atom stereocenters. The van der Waals surface area contributed by atoms with E-state index in [1.54, 1.807) is 23.1 Å². The Morgan fingerprint density at radius 2 is 2.00 bits per heavy atom. The van der Waals surface area contributed by atoms with Gasteiger partial charge in [0.25, 0.3) is 0 Å². The zero-order chi connectivity index (χ0) is 15.7. The molecule has 0 spiro atoms. The molecular weight excluding hydrogens is 300 g/mol. The second kappa shape index (κ2) is 5.97. The molecule has 0 saturated carbocycles. The van der Waals surface area contributed by atoms with Crippen LogP contribution < -0.4 is 5.32 Å². The maximum Gasteiger partial charge on any atom is 0.322 e. The molecule has 0 fully saturated rings. The van der Waals surface area contributed by atoms with Crippen molar-refractivity contribution in [2.75, 3.05) is 6.54 Å². The summed E-state index contributed by atoms with van der Waals surface area (Å²) in [4.78, 5) is 26.5. The SMILES string of the molecule is C=CCN1C(=O)NC(c2ccc(Cl)cc2)C2=C1CCCC2=O. The van der Waals surface area contributed by atoms with E-state index in [2.05, 4.69) is 11.9 Å². The van der Waals surface area contributed by atoms with Crippen molar-refractivity contribution in [2.45, 2.75) is 25.3 Å². The monoisotopic (exact) mass is 316 g/mol. The average Bonchev–Trinajstić information content (AvgIpc) is 2.51. The number of amides is 2. The lowest BCUT2D eigenvalue weighted by molar-refractivity contribution is -0.116. The van der Waals surface area contributed by atoms with Crippen molar-refractivity contribution in [3.05, 3.63) is 58.8 Å². The molecule has 1 aliphatic heterocycles. The Balaban J connectivity index is 2.08. The molecule has 0 saturated heterocycles. The number of urea groups is 1. The molecule has 5 heteroatoms. The lowest BCUT2D eigenvalue weighted by atomic mass is 9.85. The molecule has 114 valence electrons. The zero-order valence-corrected chi connectivity index (χ0v) is 12.9. The van der Waals surface area contributed by atoms with Gasteiger partial charge in [0.2, 0.25) is 0 Å². The Labute approximate surface area is 134 Å². The third-order valence-corrected chi connectivity index (χ3v) is 4.32. The summed E-state index contributed by atoms with van der Waals surface area (Å²) in [5.41, 5.74) is 2.41. The Bertz CT molecular complexity index is 664. The summed E-state index contributed by atoms with van der Waals surface area (Å²) in [6.07, 6.45) is 3.73. The summed E-state index contributed by atoms with van der Waals surface area (Å²) in [5.74, 6) is 0.107. The number of Topliss-reactive ketones (excluding diaryl/α,β-unsaturated/α-hetero) is 1. The van der Waals surface area contributed by atoms with E-state index >= 15 is 0 Å². The van der Waals surface area contributed by atoms with Crippen LogP contribution in [-0.4, -0.2) is 23.3 Å². The van der Waals surface area contributed by atoms with Crippen molar-refractivity contribution in [3.8, 4) is 0 Å². The maximum absolute atomic E-state index is 12.4. The number of nitrogens with zero attached hydrogens (tertiary/aromatic N) is 1. The molecule has 1 unspecified atom stereocenters. The standard InChI is InChI=1S/C17H17ClN2O2/c1-2-10-20-13-4-3-5-14(21)15(13)16(19-17(20)22)11-6-8-12(18)9-7-11/h2,6-9,16H,1,3-5,10H2,(H,19,22). The first-order chi connectivity index (χ1) is 10.6. The van der Waals surface area contributed by atoms with E-state index < -0.39 is 6.04 Å². The highest BCUT2D eigenvalue weighted by atomic mass is 35.5. The van der Waals surface area contributed by atoms with Crippen molar-refractivity contribution in [1.82, 2.24) is 10.2 Å². The number of hydrogen-bond acceptors (Lipinski definition) is 2. The maximum atomic E-state index is 12.4. The molecule has 2 amide bonds. The van der Waals surface area contributed by atoms with Crippen LogP contribution in [0.5, 0.6) is 0 Å². The molecule has 1 aromatic rings. The molecule has 1 aromatic carbocycles. The van der Waals surface area contributed by atoms with Crippen LogP contribution in [0, 0.1) is 0 Å². The lowest BCUT2D eigenvalue weighted by Gasteiger charge is -2.38. The zero-order valence-electron chi connectivity index (χ0n) is 12.1. The highest BCUT2D eigenvalue weighted by Gasteiger charge is 2.38. The number of allylic oxidation sites excluding steroid dienone is 1. The minimum absolute atomic E-state index is 0.107. The topological polar surface area (TPSA) is 49.4 Å². The molecule has 1 aliphatic carbocycles. The number of rotatable bonds is 3. The molecule has 0 bridgehead atoms. The fraction of sp³-hybridized carbons (Fsp3) is 0.294. The molecule has 1 heterocycles. The minimum Gasteiger partial charge on any atom is -0.327 e. The first-order valence-corrected chi connectivity index (χ1v) is 7.70. The van der Waals surface area contributed by atoms with Crippen LogP contribution >= 0.6 is 11.6 Å². The van der Waals surface area contributed by atoms with Gasteiger partial charge in [0.05, 0.1) is 6.04 Å². The first kappa shape index (κ1) is 14.9. The summed E-state index contributed by atoms with van der Waals surface area (Å²) in [7, 11) is 0. The van der Waals surface area contributed by atoms with E-state index in [4.69, 9.17) is 11.6 Å². The third-order valence-electron chi connectivity index (χ3n) is 4.07. The van der Waals surface area contributed by atoms with Crippen molar-refractivity contribution in [3.63, 3.8) is 0 Å². The van der Waals surface area contributed by atoms with Gasteiger partial charge in [-0.05, 0) is 30.5 Å². The number of hydrogen-bond donors (Lipinski definition) is 1. The fourth-order valence-corrected chi connectivity index (χ4v) is 3.20. The number of benzene rings is 1. The number of nitrogens with one attached hydrogen (secondary N) is 1. The minimum atomic E-state index is -0.395. The van der Waals surface area contributed by atoms with Crippen molar-refractivity contribution in [1.29, 1.82) is 0 Å². The van der Waals surface area contributed by atoms with E-state index in [1.165, 1.54) is 0 Å². The van der Waals surface area contributed by atoms with Gasteiger partial charge >= 0.3 is 6.03 Å². The molecule has 1 N–H and O–H groups in total. The highest BCUT2D eigenvalue weighted by molar-refractivity contribution is 6.30. The second-order valence-electron chi connectivity index (χ2n) is 5.47. The van der Waals surface area contributed by atoms with Crippen molar-refractivity contribution >= 4 is 23.4 Å². The van der Waals surface area contributed by atoms with E-state index in [-0.39, 0.29) is 11.8 Å². The summed E-state index contributed by atoms with van der Waals surface area (Å²) < 4.78 is 0. The van der Waals surface area contributed by atoms with E-state index in [1.807, 2.05) is 12.1 Å². The van der Waals surface area contributed by atoms with Gasteiger partial charge in [-0.1, -0.05) is 29.8 Å². The van der Waals surface area contributed by atoms with Crippen LogP contribution in [0.3, 0.4) is 0 Å². The molecular formula is C17H17ClN2O2. The number of carbonyl (C=O) groups excluding carboxylic acids is 2. The summed E-state index contributed by atoms with van der Waals surface area (Å²) >= 11 is 5.92. The van der Waals surface area contributed by atoms with Crippen LogP contribution in [0.1, 0.15) is 30.9 Å². The number of halogens is 1. The second-order valence-corrected chi connectivity index (χ2v) is 5.91. The molecule has 4 nitrogen and oxygen atoms in total. The van der Waals surface area contributed by atoms with Gasteiger partial charge in [-0.2, -0.15) is 0 Å². The van der Waals surface area contributed by atoms with Gasteiger partial charge in [-0.25, -0.2) is 4.79 Å². The van der Waals surface area contributed by atoms with Gasteiger partial charge in [0.1, 0.15) is 0 Å². The first-order valence-electron chi connectivity index (χ1n) is 7.32. The summed E-state index contributed by atoms with van der Waals surface area (Å²) in [6, 6.07) is 6.66. The predicted molar refractivity (Wildman–Crippen MR) is 85.5 cm³/mol. The van der Waals surface area contributed by atoms with Crippen LogP contribution in [0.4, 0.5) is 4.79 Å². The average molecular weight is 317 g/mol. The summed E-state index contributed by atoms with van der Waals surface area (Å²) in [5, 5.41) is 3.56. The largest absolute Gasteiger partial charge is 0.327 e. The quantitative estimate of drug-likeness (QED) is 0.866. The van der Waals surface area contributed by atoms with Crippen LogP contribution in [0.25, 0.3) is 0 Å². The smallest absolute Gasteiger partial charge is 0.322 e. The lowest BCUT2D eigenvalue weighted by Crippen LogP contribution is -2.49. The van der Waals surface area contributed by atoms with Gasteiger partial charge < -0.3 is 5.32 Å². The molecule has 2 aliphatic rings. The Morgan fingerprint density at radius 3 is 2.68 bits per heavy atom.